The molecule has 0 aliphatic rings. The van der Waals surface area contributed by atoms with Crippen molar-refractivity contribution in [1.82, 2.24) is 4.98 Å². The van der Waals surface area contributed by atoms with Gasteiger partial charge in [0, 0.05) is 19.7 Å². The summed E-state index contributed by atoms with van der Waals surface area (Å²) in [7, 11) is 1.71. The van der Waals surface area contributed by atoms with Crippen molar-refractivity contribution in [1.29, 1.82) is 0 Å². The quantitative estimate of drug-likeness (QED) is 0.809. The predicted molar refractivity (Wildman–Crippen MR) is 73.8 cm³/mol. The summed E-state index contributed by atoms with van der Waals surface area (Å²) in [5, 5.41) is 9.71. The maximum atomic E-state index is 9.71. The molecular weight excluding hydrogens is 228 g/mol. The summed E-state index contributed by atoms with van der Waals surface area (Å²) in [6.45, 7) is 7.76. The van der Waals surface area contributed by atoms with Gasteiger partial charge in [0.2, 0.25) is 0 Å². The van der Waals surface area contributed by atoms with Crippen molar-refractivity contribution in [2.75, 3.05) is 25.2 Å². The predicted octanol–water partition coefficient (Wildman–Crippen LogP) is 2.39. The lowest BCUT2D eigenvalue weighted by atomic mass is 10.1. The number of hydrogen-bond acceptors (Lipinski definition) is 4. The van der Waals surface area contributed by atoms with Crippen molar-refractivity contribution in [2.45, 2.75) is 39.3 Å². The Morgan fingerprint density at radius 1 is 1.39 bits per heavy atom. The first-order valence-corrected chi connectivity index (χ1v) is 6.49. The van der Waals surface area contributed by atoms with Gasteiger partial charge in [-0.1, -0.05) is 6.92 Å². The first-order chi connectivity index (χ1) is 8.60. The second-order valence-corrected chi connectivity index (χ2v) is 4.65. The number of hydrogen-bond donors (Lipinski definition) is 1. The summed E-state index contributed by atoms with van der Waals surface area (Å²) in [6.07, 6.45) is 2.04. The first kappa shape index (κ1) is 14.9. The molecule has 0 aliphatic heterocycles. The van der Waals surface area contributed by atoms with Gasteiger partial charge in [0.05, 0.1) is 30.3 Å². The average molecular weight is 252 g/mol. The number of ether oxygens (including phenoxy) is 1. The molecule has 1 rings (SSSR count). The van der Waals surface area contributed by atoms with E-state index >= 15 is 0 Å². The van der Waals surface area contributed by atoms with Gasteiger partial charge in [-0.2, -0.15) is 0 Å². The topological polar surface area (TPSA) is 45.6 Å². The van der Waals surface area contributed by atoms with E-state index < -0.39 is 6.10 Å². The van der Waals surface area contributed by atoms with Gasteiger partial charge in [0.15, 0.2) is 0 Å². The maximum Gasteiger partial charge on any atom is 0.0957 e. The molecule has 0 spiro atoms. The van der Waals surface area contributed by atoms with Gasteiger partial charge in [-0.15, -0.1) is 0 Å². The van der Waals surface area contributed by atoms with Crippen LogP contribution in [0.2, 0.25) is 0 Å². The largest absolute Gasteiger partial charge is 0.387 e. The number of aliphatic hydroxyl groups is 1. The molecule has 0 unspecified atom stereocenters. The second kappa shape index (κ2) is 7.34. The van der Waals surface area contributed by atoms with Crippen LogP contribution in [0.15, 0.2) is 18.3 Å². The highest BCUT2D eigenvalue weighted by Crippen LogP contribution is 2.19. The van der Waals surface area contributed by atoms with Crippen molar-refractivity contribution in [2.24, 2.45) is 0 Å². The molecule has 0 aliphatic carbocycles. The number of nitrogens with zero attached hydrogens (tertiary/aromatic N) is 2. The van der Waals surface area contributed by atoms with Crippen LogP contribution in [0.5, 0.6) is 0 Å². The number of pyridine rings is 1. The van der Waals surface area contributed by atoms with Crippen LogP contribution < -0.4 is 4.90 Å². The van der Waals surface area contributed by atoms with E-state index in [0.29, 0.717) is 19.1 Å². The lowest BCUT2D eigenvalue weighted by molar-refractivity contribution is 0.169. The highest BCUT2D eigenvalue weighted by atomic mass is 16.5. The third kappa shape index (κ3) is 3.96. The van der Waals surface area contributed by atoms with Gasteiger partial charge in [-0.05, 0) is 32.4 Å². The molecule has 0 fully saturated rings. The Hall–Kier alpha value is -1.13. The Labute approximate surface area is 110 Å². The van der Waals surface area contributed by atoms with E-state index in [2.05, 4.69) is 23.7 Å². The van der Waals surface area contributed by atoms with Crippen molar-refractivity contribution >= 4 is 5.69 Å². The molecule has 1 aromatic heterocycles. The summed E-state index contributed by atoms with van der Waals surface area (Å²) < 4.78 is 5.12. The Bertz CT molecular complexity index is 338. The standard InChI is InChI=1S/C14H24N2O2/c1-5-14(17)13-7-6-12(10-15-13)16(11(2)3)8-9-18-4/h6-7,10-11,14,17H,5,8-9H2,1-4H3/t14-/m0/s1. The van der Waals surface area contributed by atoms with Crippen LogP contribution in [0, 0.1) is 0 Å². The molecule has 0 amide bonds. The Morgan fingerprint density at radius 3 is 2.56 bits per heavy atom. The summed E-state index contributed by atoms with van der Waals surface area (Å²) in [4.78, 5) is 6.56. The van der Waals surface area contributed by atoms with E-state index in [1.54, 1.807) is 7.11 Å². The van der Waals surface area contributed by atoms with E-state index in [0.717, 1.165) is 17.9 Å². The van der Waals surface area contributed by atoms with Crippen LogP contribution in [-0.4, -0.2) is 36.4 Å². The third-order valence-corrected chi connectivity index (χ3v) is 2.99. The molecule has 102 valence electrons. The monoisotopic (exact) mass is 252 g/mol. The molecule has 0 saturated carbocycles. The zero-order chi connectivity index (χ0) is 13.5. The molecule has 1 heterocycles. The number of aliphatic hydroxyl groups excluding tert-OH is 1. The third-order valence-electron chi connectivity index (χ3n) is 2.99. The molecule has 4 nitrogen and oxygen atoms in total. The van der Waals surface area contributed by atoms with Gasteiger partial charge in [-0.3, -0.25) is 4.98 Å². The van der Waals surface area contributed by atoms with Crippen LogP contribution in [0.4, 0.5) is 5.69 Å². The van der Waals surface area contributed by atoms with Crippen molar-refractivity contribution in [3.63, 3.8) is 0 Å². The fourth-order valence-corrected chi connectivity index (χ4v) is 1.85. The average Bonchev–Trinajstić information content (AvgIpc) is 2.38. The zero-order valence-electron chi connectivity index (χ0n) is 11.8. The normalized spacial score (nSPS) is 12.8. The molecule has 0 bridgehead atoms. The van der Waals surface area contributed by atoms with E-state index in [1.807, 2.05) is 25.3 Å². The molecule has 18 heavy (non-hydrogen) atoms. The van der Waals surface area contributed by atoms with Gasteiger partial charge in [0.1, 0.15) is 0 Å². The summed E-state index contributed by atoms with van der Waals surface area (Å²) in [6, 6.07) is 4.30. The summed E-state index contributed by atoms with van der Waals surface area (Å²) in [5.74, 6) is 0. The van der Waals surface area contributed by atoms with Crippen LogP contribution in [0.25, 0.3) is 0 Å². The number of anilines is 1. The summed E-state index contributed by atoms with van der Waals surface area (Å²) in [5.41, 5.74) is 1.80. The minimum absolute atomic E-state index is 0.392. The van der Waals surface area contributed by atoms with E-state index in [1.165, 1.54) is 0 Å². The molecule has 1 aromatic rings. The maximum absolute atomic E-state index is 9.71. The fourth-order valence-electron chi connectivity index (χ4n) is 1.85. The van der Waals surface area contributed by atoms with Crippen LogP contribution >= 0.6 is 0 Å². The molecule has 4 heteroatoms. The van der Waals surface area contributed by atoms with Crippen LogP contribution in [-0.2, 0) is 4.74 Å². The van der Waals surface area contributed by atoms with E-state index in [4.69, 9.17) is 4.74 Å². The number of aromatic nitrogens is 1. The molecular formula is C14H24N2O2. The van der Waals surface area contributed by atoms with E-state index in [9.17, 15) is 5.11 Å². The SMILES string of the molecule is CC[C@H](O)c1ccc(N(CCOC)C(C)C)cn1. The Balaban J connectivity index is 2.80. The van der Waals surface area contributed by atoms with Gasteiger partial charge in [0.25, 0.3) is 0 Å². The molecule has 1 N–H and O–H groups in total. The smallest absolute Gasteiger partial charge is 0.0957 e. The highest BCUT2D eigenvalue weighted by Gasteiger charge is 2.12. The van der Waals surface area contributed by atoms with Crippen LogP contribution in [0.3, 0.4) is 0 Å². The van der Waals surface area contributed by atoms with Gasteiger partial charge >= 0.3 is 0 Å². The molecule has 0 aromatic carbocycles. The molecule has 1 atom stereocenters. The Morgan fingerprint density at radius 2 is 2.11 bits per heavy atom. The first-order valence-electron chi connectivity index (χ1n) is 6.49. The van der Waals surface area contributed by atoms with E-state index in [-0.39, 0.29) is 0 Å². The minimum Gasteiger partial charge on any atom is -0.387 e. The minimum atomic E-state index is -0.467. The van der Waals surface area contributed by atoms with Crippen molar-refractivity contribution in [3.05, 3.63) is 24.0 Å². The van der Waals surface area contributed by atoms with Crippen molar-refractivity contribution in [3.8, 4) is 0 Å². The number of rotatable bonds is 7. The van der Waals surface area contributed by atoms with Crippen molar-refractivity contribution < 1.29 is 9.84 Å². The lowest BCUT2D eigenvalue weighted by Gasteiger charge is -2.28. The fraction of sp³-hybridized carbons (Fsp3) is 0.643. The molecule has 0 radical (unpaired) electrons. The summed E-state index contributed by atoms with van der Waals surface area (Å²) >= 11 is 0. The Kier molecular flexibility index (Phi) is 6.09. The van der Waals surface area contributed by atoms with Crippen LogP contribution in [0.1, 0.15) is 39.0 Å². The second-order valence-electron chi connectivity index (χ2n) is 4.65. The zero-order valence-corrected chi connectivity index (χ0v) is 11.8. The van der Waals surface area contributed by atoms with Gasteiger partial charge < -0.3 is 14.7 Å². The lowest BCUT2D eigenvalue weighted by Crippen LogP contribution is -2.33. The van der Waals surface area contributed by atoms with Gasteiger partial charge in [-0.25, -0.2) is 0 Å². The molecule has 0 saturated heterocycles. The number of methoxy groups -OCH3 is 1. The highest BCUT2D eigenvalue weighted by molar-refractivity contribution is 5.45.